The van der Waals surface area contributed by atoms with Gasteiger partial charge in [0.1, 0.15) is 32.7 Å². The van der Waals surface area contributed by atoms with Crippen molar-refractivity contribution in [3.05, 3.63) is 59.8 Å². The summed E-state index contributed by atoms with van der Waals surface area (Å²) in [4.78, 5) is 18.7. The van der Waals surface area contributed by atoms with Crippen molar-refractivity contribution in [2.75, 3.05) is 38.2 Å². The minimum Gasteiger partial charge on any atom is -0.465 e. The van der Waals surface area contributed by atoms with Crippen LogP contribution in [0.2, 0.25) is 0 Å². The number of ether oxygens (including phenoxy) is 1. The van der Waals surface area contributed by atoms with E-state index < -0.39 is 0 Å². The minimum atomic E-state index is -0.281. The zero-order valence-corrected chi connectivity index (χ0v) is 13.4. The van der Waals surface area contributed by atoms with Crippen molar-refractivity contribution in [2.45, 2.75) is 6.54 Å². The van der Waals surface area contributed by atoms with Crippen molar-refractivity contribution >= 4 is 11.8 Å². The van der Waals surface area contributed by atoms with Crippen LogP contribution in [0.1, 0.15) is 15.9 Å². The maximum absolute atomic E-state index is 11.4. The van der Waals surface area contributed by atoms with Crippen molar-refractivity contribution in [2.24, 2.45) is 0 Å². The number of methoxy groups -OCH3 is 1. The molecule has 0 radical (unpaired) electrons. The number of quaternary nitrogens is 1. The van der Waals surface area contributed by atoms with Crippen molar-refractivity contribution in [1.82, 2.24) is 0 Å². The van der Waals surface area contributed by atoms with Crippen LogP contribution in [-0.2, 0) is 11.3 Å². The molecule has 2 aromatic rings. The Morgan fingerprint density at radius 3 is 2.52 bits per heavy atom. The molecule has 23 heavy (non-hydrogen) atoms. The summed E-state index contributed by atoms with van der Waals surface area (Å²) in [6, 6.07) is 13.9. The summed E-state index contributed by atoms with van der Waals surface area (Å²) in [5.41, 5.74) is 1.86. The van der Waals surface area contributed by atoms with E-state index in [1.54, 1.807) is 4.90 Å². The van der Waals surface area contributed by atoms with Gasteiger partial charge in [-0.2, -0.15) is 0 Å². The highest BCUT2D eigenvalue weighted by molar-refractivity contribution is 5.89. The number of hydrogen-bond donors (Lipinski definition) is 1. The van der Waals surface area contributed by atoms with E-state index in [1.165, 1.54) is 18.5 Å². The van der Waals surface area contributed by atoms with E-state index in [0.29, 0.717) is 5.56 Å². The van der Waals surface area contributed by atoms with Gasteiger partial charge < -0.3 is 9.64 Å². The first-order chi connectivity index (χ1) is 11.3. The van der Waals surface area contributed by atoms with Crippen molar-refractivity contribution < 1.29 is 19.4 Å². The average molecular weight is 313 g/mol. The molecule has 0 spiro atoms. The lowest BCUT2D eigenvalue weighted by molar-refractivity contribution is -0.914. The molecule has 1 aromatic heterocycles. The number of carbonyl (C=O) groups excluding carboxylic acids is 1. The lowest BCUT2D eigenvalue weighted by atomic mass is 10.1. The van der Waals surface area contributed by atoms with Gasteiger partial charge in [-0.05, 0) is 18.2 Å². The summed E-state index contributed by atoms with van der Waals surface area (Å²) in [6.07, 6.45) is 1.97. The van der Waals surface area contributed by atoms with Gasteiger partial charge in [0.05, 0.1) is 18.9 Å². The van der Waals surface area contributed by atoms with Crippen LogP contribution in [0.5, 0.6) is 0 Å². The zero-order valence-electron chi connectivity index (χ0n) is 13.4. The molecule has 120 valence electrons. The predicted molar refractivity (Wildman–Crippen MR) is 87.4 cm³/mol. The van der Waals surface area contributed by atoms with Crippen molar-refractivity contribution in [3.63, 3.8) is 0 Å². The molecule has 0 atom stereocenters. The maximum atomic E-state index is 11.4. The van der Waals surface area contributed by atoms with Gasteiger partial charge in [-0.3, -0.25) is 4.90 Å². The van der Waals surface area contributed by atoms with Gasteiger partial charge in [0.15, 0.2) is 0 Å². The zero-order chi connectivity index (χ0) is 16.1. The molecule has 0 amide bonds. The first kappa shape index (κ1) is 15.5. The Labute approximate surface area is 136 Å². The predicted octanol–water partition coefficient (Wildman–Crippen LogP) is 0.192. The van der Waals surface area contributed by atoms with Crippen LogP contribution in [0.25, 0.3) is 0 Å². The van der Waals surface area contributed by atoms with Gasteiger partial charge in [0.2, 0.25) is 0 Å². The number of piperazine rings is 1. The number of H-pyrrole nitrogens is 1. The van der Waals surface area contributed by atoms with E-state index in [0.717, 1.165) is 32.7 Å². The molecule has 1 aliphatic rings. The summed E-state index contributed by atoms with van der Waals surface area (Å²) in [7, 11) is 1.41. The molecule has 0 bridgehead atoms. The molecule has 2 N–H and O–H groups in total. The lowest BCUT2D eigenvalue weighted by Gasteiger charge is -2.28. The van der Waals surface area contributed by atoms with Gasteiger partial charge in [-0.1, -0.05) is 18.2 Å². The third kappa shape index (κ3) is 3.87. The number of anilines is 1. The third-order valence-corrected chi connectivity index (χ3v) is 4.33. The smallest absolute Gasteiger partial charge is 0.337 e. The first-order valence-corrected chi connectivity index (χ1v) is 7.99. The summed E-state index contributed by atoms with van der Waals surface area (Å²) in [5, 5.41) is 0. The molecular formula is C18H23N3O2+2. The van der Waals surface area contributed by atoms with E-state index in [1.807, 2.05) is 36.5 Å². The van der Waals surface area contributed by atoms with Crippen molar-refractivity contribution in [3.8, 4) is 0 Å². The molecule has 1 aromatic carbocycles. The molecule has 0 aliphatic carbocycles. The minimum absolute atomic E-state index is 0.281. The highest BCUT2D eigenvalue weighted by atomic mass is 16.5. The maximum Gasteiger partial charge on any atom is 0.337 e. The fraction of sp³-hybridized carbons (Fsp3) is 0.333. The highest BCUT2D eigenvalue weighted by Gasteiger charge is 2.25. The number of carbonyl (C=O) groups is 1. The Hall–Kier alpha value is -2.40. The van der Waals surface area contributed by atoms with Gasteiger partial charge >= 0.3 is 5.97 Å². The second-order valence-corrected chi connectivity index (χ2v) is 5.85. The van der Waals surface area contributed by atoms with E-state index in [9.17, 15) is 4.79 Å². The van der Waals surface area contributed by atoms with Crippen LogP contribution in [0.4, 0.5) is 5.82 Å². The molecule has 0 saturated carbocycles. The number of aromatic nitrogens is 1. The van der Waals surface area contributed by atoms with Gasteiger partial charge in [-0.25, -0.2) is 9.78 Å². The quantitative estimate of drug-likeness (QED) is 0.820. The van der Waals surface area contributed by atoms with Gasteiger partial charge in [-0.15, -0.1) is 0 Å². The number of aromatic amines is 1. The molecule has 1 saturated heterocycles. The number of benzene rings is 1. The normalized spacial score (nSPS) is 15.4. The number of pyridine rings is 1. The Kier molecular flexibility index (Phi) is 4.88. The van der Waals surface area contributed by atoms with E-state index in [2.05, 4.69) is 22.0 Å². The number of rotatable bonds is 4. The Morgan fingerprint density at radius 2 is 1.91 bits per heavy atom. The number of esters is 1. The summed E-state index contributed by atoms with van der Waals surface area (Å²) < 4.78 is 4.73. The SMILES string of the molecule is COC(=O)c1ccc(C[NH+]2CCN(c3cccc[nH+]3)CC2)cc1. The number of hydrogen-bond acceptors (Lipinski definition) is 3. The molecule has 3 rings (SSSR count). The Bertz CT molecular complexity index is 635. The highest BCUT2D eigenvalue weighted by Crippen LogP contribution is 2.07. The molecule has 0 unspecified atom stereocenters. The first-order valence-electron chi connectivity index (χ1n) is 7.99. The van der Waals surface area contributed by atoms with Crippen molar-refractivity contribution in [1.29, 1.82) is 0 Å². The number of nitrogens with zero attached hydrogens (tertiary/aromatic N) is 1. The van der Waals surface area contributed by atoms with E-state index >= 15 is 0 Å². The fourth-order valence-corrected chi connectivity index (χ4v) is 2.99. The molecule has 5 heteroatoms. The van der Waals surface area contributed by atoms with Crippen LogP contribution in [-0.4, -0.2) is 39.3 Å². The Balaban J connectivity index is 1.53. The second-order valence-electron chi connectivity index (χ2n) is 5.85. The second kappa shape index (κ2) is 7.24. The molecule has 5 nitrogen and oxygen atoms in total. The lowest BCUT2D eigenvalue weighted by Crippen LogP contribution is -3.13. The Morgan fingerprint density at radius 1 is 1.17 bits per heavy atom. The molecular weight excluding hydrogens is 290 g/mol. The number of nitrogens with one attached hydrogen (secondary N) is 2. The van der Waals surface area contributed by atoms with Crippen LogP contribution >= 0.6 is 0 Å². The molecule has 1 fully saturated rings. The molecule has 2 heterocycles. The van der Waals surface area contributed by atoms with Crippen LogP contribution in [0.15, 0.2) is 48.7 Å². The average Bonchev–Trinajstić information content (AvgIpc) is 2.63. The summed E-state index contributed by atoms with van der Waals surface area (Å²) in [5.74, 6) is 0.908. The monoisotopic (exact) mass is 313 g/mol. The topological polar surface area (TPSA) is 48.1 Å². The largest absolute Gasteiger partial charge is 0.465 e. The van der Waals surface area contributed by atoms with E-state index in [-0.39, 0.29) is 5.97 Å². The molecule has 1 aliphatic heterocycles. The van der Waals surface area contributed by atoms with Crippen LogP contribution in [0.3, 0.4) is 0 Å². The van der Waals surface area contributed by atoms with Gasteiger partial charge in [0, 0.05) is 11.6 Å². The summed E-state index contributed by atoms with van der Waals surface area (Å²) >= 11 is 0. The van der Waals surface area contributed by atoms with Crippen LogP contribution in [0, 0.1) is 0 Å². The standard InChI is InChI=1S/C18H21N3O2/c1-23-18(22)16-7-5-15(6-8-16)14-20-10-12-21(13-11-20)17-4-2-3-9-19-17/h2-9H,10-14H2,1H3/p+2. The summed E-state index contributed by atoms with van der Waals surface area (Å²) in [6.45, 7) is 5.32. The van der Waals surface area contributed by atoms with Crippen LogP contribution < -0.4 is 14.8 Å². The third-order valence-electron chi connectivity index (χ3n) is 4.33. The van der Waals surface area contributed by atoms with Gasteiger partial charge in [0.25, 0.3) is 5.82 Å². The van der Waals surface area contributed by atoms with E-state index in [4.69, 9.17) is 4.74 Å². The fourth-order valence-electron chi connectivity index (χ4n) is 2.99.